The largest absolute Gasteiger partial charge is 0.320 e. The van der Waals surface area contributed by atoms with Crippen LogP contribution in [0.25, 0.3) is 0 Å². The van der Waals surface area contributed by atoms with Crippen LogP contribution in [0.3, 0.4) is 0 Å². The SMILES string of the molecule is CC[C@@H](N)C(=O)N(CCC#N)c1ccccc1. The maximum absolute atomic E-state index is 12.1. The number of nitrogens with two attached hydrogens (primary N) is 1. The van der Waals surface area contributed by atoms with Gasteiger partial charge in [-0.3, -0.25) is 4.79 Å². The van der Waals surface area contributed by atoms with Crippen molar-refractivity contribution >= 4 is 11.6 Å². The number of nitrogens with zero attached hydrogens (tertiary/aromatic N) is 2. The van der Waals surface area contributed by atoms with Crippen LogP contribution < -0.4 is 10.6 Å². The predicted octanol–water partition coefficient (Wildman–Crippen LogP) is 1.67. The Labute approximate surface area is 102 Å². The van der Waals surface area contributed by atoms with Crippen LogP contribution in [0.1, 0.15) is 19.8 Å². The van der Waals surface area contributed by atoms with E-state index in [0.717, 1.165) is 5.69 Å². The number of carbonyl (C=O) groups excluding carboxylic acids is 1. The lowest BCUT2D eigenvalue weighted by Crippen LogP contribution is -2.44. The van der Waals surface area contributed by atoms with Crippen molar-refractivity contribution in [2.24, 2.45) is 5.73 Å². The Balaban J connectivity index is 2.89. The minimum absolute atomic E-state index is 0.131. The van der Waals surface area contributed by atoms with Crippen LogP contribution in [0.15, 0.2) is 30.3 Å². The molecule has 90 valence electrons. The van der Waals surface area contributed by atoms with E-state index in [-0.39, 0.29) is 5.91 Å². The summed E-state index contributed by atoms with van der Waals surface area (Å²) in [7, 11) is 0. The summed E-state index contributed by atoms with van der Waals surface area (Å²) in [5.74, 6) is -0.131. The van der Waals surface area contributed by atoms with Crippen molar-refractivity contribution in [3.63, 3.8) is 0 Å². The van der Waals surface area contributed by atoms with Crippen molar-refractivity contribution in [1.29, 1.82) is 5.26 Å². The standard InChI is InChI=1S/C13H17N3O/c1-2-12(15)13(17)16(10-6-9-14)11-7-4-3-5-8-11/h3-5,7-8,12H,2,6,10,15H2,1H3/t12-/m1/s1. The Kier molecular flexibility index (Phi) is 5.18. The Morgan fingerprint density at radius 2 is 2.12 bits per heavy atom. The van der Waals surface area contributed by atoms with Crippen molar-refractivity contribution in [3.8, 4) is 6.07 Å². The Morgan fingerprint density at radius 3 is 2.65 bits per heavy atom. The van der Waals surface area contributed by atoms with Gasteiger partial charge < -0.3 is 10.6 Å². The number of anilines is 1. The van der Waals surface area contributed by atoms with Gasteiger partial charge in [-0.25, -0.2) is 0 Å². The average Bonchev–Trinajstić information content (AvgIpc) is 2.39. The second kappa shape index (κ2) is 6.66. The Hall–Kier alpha value is -1.86. The van der Waals surface area contributed by atoms with Crippen LogP contribution in [0, 0.1) is 11.3 Å². The third kappa shape index (κ3) is 3.58. The summed E-state index contributed by atoms with van der Waals surface area (Å²) >= 11 is 0. The van der Waals surface area contributed by atoms with Crippen LogP contribution in [0.4, 0.5) is 5.69 Å². The van der Waals surface area contributed by atoms with Gasteiger partial charge in [0.1, 0.15) is 0 Å². The number of rotatable bonds is 5. The van der Waals surface area contributed by atoms with E-state index in [9.17, 15) is 4.79 Å². The quantitative estimate of drug-likeness (QED) is 0.838. The fourth-order valence-corrected chi connectivity index (χ4v) is 1.51. The van der Waals surface area contributed by atoms with Gasteiger partial charge >= 0.3 is 0 Å². The minimum atomic E-state index is -0.506. The molecule has 17 heavy (non-hydrogen) atoms. The maximum atomic E-state index is 12.1. The molecule has 1 amide bonds. The topological polar surface area (TPSA) is 70.1 Å². The average molecular weight is 231 g/mol. The first-order valence-corrected chi connectivity index (χ1v) is 5.69. The van der Waals surface area contributed by atoms with Gasteiger partial charge in [-0.15, -0.1) is 0 Å². The van der Waals surface area contributed by atoms with E-state index in [0.29, 0.717) is 19.4 Å². The van der Waals surface area contributed by atoms with Crippen molar-refractivity contribution in [1.82, 2.24) is 0 Å². The number of hydrogen-bond donors (Lipinski definition) is 1. The van der Waals surface area contributed by atoms with Gasteiger partial charge in [0.2, 0.25) is 5.91 Å². The molecule has 1 atom stereocenters. The number of hydrogen-bond acceptors (Lipinski definition) is 3. The number of nitriles is 1. The van der Waals surface area contributed by atoms with E-state index in [1.165, 1.54) is 0 Å². The smallest absolute Gasteiger partial charge is 0.243 e. The lowest BCUT2D eigenvalue weighted by molar-refractivity contribution is -0.119. The van der Waals surface area contributed by atoms with Gasteiger partial charge in [-0.05, 0) is 18.6 Å². The fourth-order valence-electron chi connectivity index (χ4n) is 1.51. The zero-order chi connectivity index (χ0) is 12.7. The third-order valence-corrected chi connectivity index (χ3v) is 2.54. The molecular weight excluding hydrogens is 214 g/mol. The summed E-state index contributed by atoms with van der Waals surface area (Å²) in [6.45, 7) is 2.25. The number of para-hydroxylation sites is 1. The Morgan fingerprint density at radius 1 is 1.47 bits per heavy atom. The molecule has 0 saturated heterocycles. The summed E-state index contributed by atoms with van der Waals surface area (Å²) in [6.07, 6.45) is 0.895. The molecule has 0 saturated carbocycles. The molecule has 4 heteroatoms. The lowest BCUT2D eigenvalue weighted by Gasteiger charge is -2.24. The lowest BCUT2D eigenvalue weighted by atomic mass is 10.2. The first-order chi connectivity index (χ1) is 8.20. The molecule has 1 aromatic rings. The summed E-state index contributed by atoms with van der Waals surface area (Å²) in [5.41, 5.74) is 6.54. The molecule has 0 fully saturated rings. The molecule has 0 spiro atoms. The van der Waals surface area contributed by atoms with Gasteiger partial charge in [-0.2, -0.15) is 5.26 Å². The van der Waals surface area contributed by atoms with Crippen LogP contribution in [-0.2, 0) is 4.79 Å². The van der Waals surface area contributed by atoms with Crippen molar-refractivity contribution in [2.45, 2.75) is 25.8 Å². The van der Waals surface area contributed by atoms with Crippen LogP contribution in [0.2, 0.25) is 0 Å². The van der Waals surface area contributed by atoms with Gasteiger partial charge in [0.05, 0.1) is 18.5 Å². The van der Waals surface area contributed by atoms with Crippen molar-refractivity contribution in [2.75, 3.05) is 11.4 Å². The van der Waals surface area contributed by atoms with E-state index in [4.69, 9.17) is 11.0 Å². The third-order valence-electron chi connectivity index (χ3n) is 2.54. The van der Waals surface area contributed by atoms with E-state index in [2.05, 4.69) is 0 Å². The van der Waals surface area contributed by atoms with Gasteiger partial charge in [0.15, 0.2) is 0 Å². The number of benzene rings is 1. The zero-order valence-corrected chi connectivity index (χ0v) is 9.97. The maximum Gasteiger partial charge on any atom is 0.243 e. The van der Waals surface area contributed by atoms with Crippen molar-refractivity contribution < 1.29 is 4.79 Å². The minimum Gasteiger partial charge on any atom is -0.320 e. The van der Waals surface area contributed by atoms with Crippen LogP contribution >= 0.6 is 0 Å². The van der Waals surface area contributed by atoms with Crippen LogP contribution in [0.5, 0.6) is 0 Å². The molecule has 0 heterocycles. The molecule has 0 aliphatic heterocycles. The van der Waals surface area contributed by atoms with Gasteiger partial charge in [-0.1, -0.05) is 25.1 Å². The Bertz CT molecular complexity index is 397. The first-order valence-electron chi connectivity index (χ1n) is 5.69. The molecule has 0 aliphatic carbocycles. The fraction of sp³-hybridized carbons (Fsp3) is 0.385. The summed E-state index contributed by atoms with van der Waals surface area (Å²) < 4.78 is 0. The second-order valence-electron chi connectivity index (χ2n) is 3.75. The molecule has 2 N–H and O–H groups in total. The molecule has 1 rings (SSSR count). The monoisotopic (exact) mass is 231 g/mol. The predicted molar refractivity (Wildman–Crippen MR) is 67.3 cm³/mol. The van der Waals surface area contributed by atoms with E-state index in [1.54, 1.807) is 4.90 Å². The molecule has 0 aliphatic rings. The number of carbonyl (C=O) groups is 1. The highest BCUT2D eigenvalue weighted by molar-refractivity contribution is 5.96. The molecule has 4 nitrogen and oxygen atoms in total. The van der Waals surface area contributed by atoms with Gasteiger partial charge in [0.25, 0.3) is 0 Å². The van der Waals surface area contributed by atoms with Crippen molar-refractivity contribution in [3.05, 3.63) is 30.3 Å². The number of amides is 1. The first kappa shape index (κ1) is 13.2. The zero-order valence-electron chi connectivity index (χ0n) is 9.97. The van der Waals surface area contributed by atoms with Gasteiger partial charge in [0, 0.05) is 12.2 Å². The second-order valence-corrected chi connectivity index (χ2v) is 3.75. The van der Waals surface area contributed by atoms with E-state index >= 15 is 0 Å². The van der Waals surface area contributed by atoms with E-state index < -0.39 is 6.04 Å². The molecular formula is C13H17N3O. The normalized spacial score (nSPS) is 11.6. The highest BCUT2D eigenvalue weighted by atomic mass is 16.2. The highest BCUT2D eigenvalue weighted by Gasteiger charge is 2.20. The molecule has 1 aromatic carbocycles. The highest BCUT2D eigenvalue weighted by Crippen LogP contribution is 2.15. The molecule has 0 bridgehead atoms. The van der Waals surface area contributed by atoms with Crippen LogP contribution in [-0.4, -0.2) is 18.5 Å². The molecule has 0 aromatic heterocycles. The summed E-state index contributed by atoms with van der Waals surface area (Å²) in [4.78, 5) is 13.7. The molecule has 0 unspecified atom stereocenters. The molecule has 0 radical (unpaired) electrons. The van der Waals surface area contributed by atoms with E-state index in [1.807, 2.05) is 43.3 Å². The summed E-state index contributed by atoms with van der Waals surface area (Å²) in [5, 5.41) is 8.62. The summed E-state index contributed by atoms with van der Waals surface area (Å²) in [6, 6.07) is 10.8.